The maximum absolute atomic E-state index is 13.5. The first kappa shape index (κ1) is 35.5. The van der Waals surface area contributed by atoms with Crippen LogP contribution in [0, 0.1) is 0 Å². The maximum atomic E-state index is 13.5. The Morgan fingerprint density at radius 1 is 0.857 bits per heavy atom. The predicted octanol–water partition coefficient (Wildman–Crippen LogP) is -2.77. The van der Waals surface area contributed by atoms with Gasteiger partial charge in [-0.3, -0.25) is 18.9 Å². The van der Waals surface area contributed by atoms with E-state index in [0.29, 0.717) is 5.69 Å². The Morgan fingerprint density at radius 3 is 2.02 bits per heavy atom. The van der Waals surface area contributed by atoms with Crippen LogP contribution in [-0.4, -0.2) is 37.7 Å². The number of hydrogen-bond acceptors (Lipinski definition) is 10. The van der Waals surface area contributed by atoms with Gasteiger partial charge in [0.1, 0.15) is 4.90 Å². The number of azo groups is 1. The fourth-order valence-electron chi connectivity index (χ4n) is 3.63. The molecule has 4 aromatic rings. The number of amides is 1. The third-order valence-corrected chi connectivity index (χ3v) is 7.05. The first-order chi connectivity index (χ1) is 18.7. The molecule has 3 N–H and O–H groups in total. The molecular formula is C25H18N4Na2O9S2. The van der Waals surface area contributed by atoms with Crippen LogP contribution in [0.3, 0.4) is 0 Å². The molecule has 13 nitrogen and oxygen atoms in total. The quantitative estimate of drug-likeness (QED) is 0.0633. The topological polar surface area (TPSA) is 221 Å². The molecule has 206 valence electrons. The zero-order chi connectivity index (χ0) is 29.2. The van der Waals surface area contributed by atoms with Crippen LogP contribution in [0.15, 0.2) is 97.8 Å². The molecule has 0 saturated heterocycles. The van der Waals surface area contributed by atoms with E-state index in [0.717, 1.165) is 18.2 Å². The van der Waals surface area contributed by atoms with Gasteiger partial charge in [-0.15, -0.1) is 5.11 Å². The second-order valence-corrected chi connectivity index (χ2v) is 11.1. The molecule has 0 aliphatic rings. The van der Waals surface area contributed by atoms with Crippen molar-refractivity contribution in [1.82, 2.24) is 0 Å². The first-order valence-corrected chi connectivity index (χ1v) is 14.0. The summed E-state index contributed by atoms with van der Waals surface area (Å²) in [7, 11) is -10.0. The summed E-state index contributed by atoms with van der Waals surface area (Å²) < 4.78 is 67.5. The van der Waals surface area contributed by atoms with Gasteiger partial charge in [-0.05, 0) is 59.3 Å². The molecule has 0 aromatic heterocycles. The number of benzene rings is 4. The van der Waals surface area contributed by atoms with Gasteiger partial charge in [0.25, 0.3) is 20.2 Å². The number of hydrogen-bond donors (Lipinski definition) is 3. The molecule has 0 saturated carbocycles. The van der Waals surface area contributed by atoms with E-state index >= 15 is 0 Å². The number of carbonyl (C=O) groups excluding carboxylic acids is 1. The zero-order valence-corrected chi connectivity index (χ0v) is 28.0. The van der Waals surface area contributed by atoms with Crippen molar-refractivity contribution in [3.8, 4) is 5.75 Å². The fourth-order valence-corrected chi connectivity index (χ4v) is 4.82. The molecule has 0 aliphatic heterocycles. The third kappa shape index (κ3) is 8.44. The van der Waals surface area contributed by atoms with Gasteiger partial charge in [-0.2, -0.15) is 21.9 Å². The molecule has 0 unspecified atom stereocenters. The van der Waals surface area contributed by atoms with E-state index in [1.165, 1.54) is 43.3 Å². The summed E-state index contributed by atoms with van der Waals surface area (Å²) in [6.45, 7) is 1.31. The van der Waals surface area contributed by atoms with Crippen LogP contribution in [0.1, 0.15) is 12.5 Å². The summed E-state index contributed by atoms with van der Waals surface area (Å²) >= 11 is 0. The summed E-state index contributed by atoms with van der Waals surface area (Å²) in [5, 5.41) is 35.6. The van der Waals surface area contributed by atoms with Crippen molar-refractivity contribution in [3.63, 3.8) is 0 Å². The smallest absolute Gasteiger partial charge is 0.870 e. The van der Waals surface area contributed by atoms with Crippen molar-refractivity contribution >= 4 is 65.6 Å². The van der Waals surface area contributed by atoms with Gasteiger partial charge in [0.15, 0.2) is 0 Å². The predicted molar refractivity (Wildman–Crippen MR) is 141 cm³/mol. The molecule has 0 fully saturated rings. The molecule has 1 amide bonds. The zero-order valence-electron chi connectivity index (χ0n) is 22.3. The van der Waals surface area contributed by atoms with E-state index in [1.54, 1.807) is 18.2 Å². The summed E-state index contributed by atoms with van der Waals surface area (Å²) in [6, 6.07) is 15.7. The van der Waals surface area contributed by atoms with Crippen LogP contribution in [0.25, 0.3) is 10.8 Å². The minimum absolute atomic E-state index is 0. The Hall–Kier alpha value is -2.70. The van der Waals surface area contributed by atoms with Crippen LogP contribution in [0.2, 0.25) is 0 Å². The monoisotopic (exact) mass is 628 g/mol. The number of aliphatic imine (C=N–C) groups is 1. The molecule has 0 aliphatic carbocycles. The van der Waals surface area contributed by atoms with Gasteiger partial charge in [0.2, 0.25) is 5.91 Å². The third-order valence-electron chi connectivity index (χ3n) is 5.36. The molecule has 0 spiro atoms. The molecular weight excluding hydrogens is 610 g/mol. The van der Waals surface area contributed by atoms with E-state index in [-0.39, 0.29) is 81.7 Å². The number of fused-ring (bicyclic) bond motifs is 1. The van der Waals surface area contributed by atoms with Gasteiger partial charge in [-0.25, -0.2) is 0 Å². The van der Waals surface area contributed by atoms with Gasteiger partial charge >= 0.3 is 59.1 Å². The molecule has 0 radical (unpaired) electrons. The fraction of sp³-hybridized carbons (Fsp3) is 0.0400. The summed E-state index contributed by atoms with van der Waals surface area (Å²) in [5.74, 6) is -2.33. The van der Waals surface area contributed by atoms with Crippen molar-refractivity contribution < 1.29 is 100 Å². The summed E-state index contributed by atoms with van der Waals surface area (Å²) in [4.78, 5) is 13.2. The van der Waals surface area contributed by atoms with E-state index in [1.807, 2.05) is 0 Å². The van der Waals surface area contributed by atoms with E-state index in [4.69, 9.17) is 0 Å². The number of rotatable bonds is 7. The Labute approximate surface area is 284 Å². The molecule has 4 rings (SSSR count). The molecule has 0 bridgehead atoms. The Kier molecular flexibility index (Phi) is 12.0. The van der Waals surface area contributed by atoms with Gasteiger partial charge in [0, 0.05) is 18.0 Å². The second kappa shape index (κ2) is 14.2. The standard InChI is InChI=1S/C25H20N4O9S2.2Na/c1-14(30)26-17-7-9-18(10-8-17)28-29-23-21(40(36,37)38)12-16-11-19(39(33,34)35)13-20(22(16)24(23)31)27-25(32)15-5-3-2-4-6-15;;/h2-13,31H,1H3,(H,26,30)(H,27,32)(H,33,34,35)(H,36,37,38);;/q;2*+1/p-2. The molecule has 4 aromatic carbocycles. The van der Waals surface area contributed by atoms with Crippen molar-refractivity contribution in [3.05, 3.63) is 78.4 Å². The van der Waals surface area contributed by atoms with Crippen LogP contribution >= 0.6 is 0 Å². The minimum atomic E-state index is -5.11. The second-order valence-electron chi connectivity index (χ2n) is 8.25. The van der Waals surface area contributed by atoms with E-state index in [2.05, 4.69) is 20.5 Å². The minimum Gasteiger partial charge on any atom is -0.870 e. The average Bonchev–Trinajstić information content (AvgIpc) is 2.87. The number of anilines is 1. The Bertz CT molecular complexity index is 1920. The van der Waals surface area contributed by atoms with E-state index in [9.17, 15) is 40.9 Å². The van der Waals surface area contributed by atoms with Gasteiger partial charge < -0.3 is 15.5 Å². The Morgan fingerprint density at radius 2 is 1.48 bits per heavy atom. The number of nitrogens with one attached hydrogen (secondary N) is 1. The van der Waals surface area contributed by atoms with Crippen LogP contribution < -0.4 is 74.6 Å². The molecule has 0 atom stereocenters. The van der Waals surface area contributed by atoms with Gasteiger partial charge in [-0.1, -0.05) is 36.1 Å². The summed E-state index contributed by atoms with van der Waals surface area (Å²) in [5.41, 5.74) is -0.672. The maximum Gasteiger partial charge on any atom is 1.00 e. The number of nitrogens with zero attached hydrogens (tertiary/aromatic N) is 3. The largest absolute Gasteiger partial charge is 1.00 e. The normalized spacial score (nSPS) is 12.0. The van der Waals surface area contributed by atoms with Gasteiger partial charge in [0.05, 0.1) is 22.0 Å². The van der Waals surface area contributed by atoms with Crippen LogP contribution in [-0.2, 0) is 25.0 Å². The van der Waals surface area contributed by atoms with Crippen molar-refractivity contribution in [2.75, 3.05) is 5.32 Å². The van der Waals surface area contributed by atoms with Crippen LogP contribution in [0.4, 0.5) is 22.7 Å². The van der Waals surface area contributed by atoms with Crippen molar-refractivity contribution in [2.45, 2.75) is 16.7 Å². The first-order valence-electron chi connectivity index (χ1n) is 11.1. The SMILES string of the molecule is CC(=O)Nc1ccc(N=Nc2c(S(=O)(=O)O)cc3cc(S(=O)(=O)O)cc(N=C([O-])c4ccccc4)c3c2[O-])cc1.[Na+].[Na+]. The van der Waals surface area contributed by atoms with Crippen molar-refractivity contribution in [1.29, 1.82) is 0 Å². The Balaban J connectivity index is 0.00000308. The summed E-state index contributed by atoms with van der Waals surface area (Å²) in [6.07, 6.45) is 0. The van der Waals surface area contributed by atoms with Crippen molar-refractivity contribution in [2.24, 2.45) is 15.2 Å². The molecule has 42 heavy (non-hydrogen) atoms. The average molecular weight is 629 g/mol. The van der Waals surface area contributed by atoms with Crippen LogP contribution in [0.5, 0.6) is 5.75 Å². The number of carbonyl (C=O) groups is 1. The molecule has 17 heteroatoms. The molecule has 0 heterocycles. The van der Waals surface area contributed by atoms with E-state index < -0.39 is 58.4 Å².